The van der Waals surface area contributed by atoms with Gasteiger partial charge in [0.15, 0.2) is 11.5 Å². The van der Waals surface area contributed by atoms with Gasteiger partial charge in [-0.25, -0.2) is 13.8 Å². The first kappa shape index (κ1) is 24.6. The van der Waals surface area contributed by atoms with Crippen molar-refractivity contribution < 1.29 is 27.4 Å². The molecule has 0 bridgehead atoms. The third-order valence-electron chi connectivity index (χ3n) is 4.79. The van der Waals surface area contributed by atoms with Gasteiger partial charge in [0.05, 0.1) is 38.1 Å². The average molecular weight is 484 g/mol. The van der Waals surface area contributed by atoms with E-state index in [2.05, 4.69) is 10.5 Å². The number of hydrogen-bond acceptors (Lipinski definition) is 7. The minimum Gasteiger partial charge on any atom is -0.497 e. The first-order valence-corrected chi connectivity index (χ1v) is 11.6. The largest absolute Gasteiger partial charge is 0.497 e. The number of nitrogens with zero attached hydrogens (tertiary/aromatic N) is 2. The van der Waals surface area contributed by atoms with E-state index < -0.39 is 22.5 Å². The number of nitrogens with one attached hydrogen (secondary N) is 1. The van der Waals surface area contributed by atoms with Crippen LogP contribution in [0.3, 0.4) is 0 Å². The van der Waals surface area contributed by atoms with E-state index in [0.29, 0.717) is 28.5 Å². The standard InChI is InChI=1S/C24H25N3O6S/c1-31-20-10-12-21(13-11-20)34(29,30)27(19-7-5-4-6-8-19)17-24(28)26-25-16-18-9-14-22(32-2)23(15-18)33-3/h4-16H,17H2,1-3H3,(H,26,28)/b25-16+. The lowest BCUT2D eigenvalue weighted by Crippen LogP contribution is -2.39. The van der Waals surface area contributed by atoms with Gasteiger partial charge < -0.3 is 14.2 Å². The number of para-hydroxylation sites is 1. The van der Waals surface area contributed by atoms with Crippen molar-refractivity contribution in [3.05, 3.63) is 78.4 Å². The van der Waals surface area contributed by atoms with E-state index in [0.717, 1.165) is 4.31 Å². The summed E-state index contributed by atoms with van der Waals surface area (Å²) in [6, 6.07) is 19.5. The van der Waals surface area contributed by atoms with Gasteiger partial charge >= 0.3 is 0 Å². The molecule has 0 saturated heterocycles. The van der Waals surface area contributed by atoms with Gasteiger partial charge in [-0.15, -0.1) is 0 Å². The fraction of sp³-hybridized carbons (Fsp3) is 0.167. The van der Waals surface area contributed by atoms with Crippen molar-refractivity contribution in [3.63, 3.8) is 0 Å². The molecule has 0 heterocycles. The highest BCUT2D eigenvalue weighted by atomic mass is 32.2. The topological polar surface area (TPSA) is 107 Å². The number of hydrazone groups is 1. The highest BCUT2D eigenvalue weighted by Crippen LogP contribution is 2.27. The molecular weight excluding hydrogens is 458 g/mol. The Balaban J connectivity index is 1.79. The van der Waals surface area contributed by atoms with E-state index in [1.54, 1.807) is 60.7 Å². The fourth-order valence-corrected chi connectivity index (χ4v) is 4.48. The van der Waals surface area contributed by atoms with Gasteiger partial charge in [0.1, 0.15) is 12.3 Å². The number of benzene rings is 3. The van der Waals surface area contributed by atoms with E-state index in [1.807, 2.05) is 0 Å². The van der Waals surface area contributed by atoms with Gasteiger partial charge in [-0.1, -0.05) is 18.2 Å². The zero-order valence-electron chi connectivity index (χ0n) is 19.0. The van der Waals surface area contributed by atoms with Gasteiger partial charge in [0.25, 0.3) is 15.9 Å². The number of ether oxygens (including phenoxy) is 3. The van der Waals surface area contributed by atoms with Crippen LogP contribution in [0.1, 0.15) is 5.56 Å². The molecule has 10 heteroatoms. The summed E-state index contributed by atoms with van der Waals surface area (Å²) in [6.07, 6.45) is 1.42. The van der Waals surface area contributed by atoms with Crippen LogP contribution < -0.4 is 23.9 Å². The molecule has 0 atom stereocenters. The Hall–Kier alpha value is -4.05. The highest BCUT2D eigenvalue weighted by molar-refractivity contribution is 7.92. The summed E-state index contributed by atoms with van der Waals surface area (Å²) in [5.74, 6) is 0.981. The first-order valence-electron chi connectivity index (χ1n) is 10.1. The predicted octanol–water partition coefficient (Wildman–Crippen LogP) is 3.06. The SMILES string of the molecule is COc1ccc(S(=O)(=O)N(CC(=O)N/N=C/c2ccc(OC)c(OC)c2)c2ccccc2)cc1. The molecule has 0 spiro atoms. The van der Waals surface area contributed by atoms with Crippen LogP contribution in [0, 0.1) is 0 Å². The van der Waals surface area contributed by atoms with Crippen LogP contribution in [0.5, 0.6) is 17.2 Å². The van der Waals surface area contributed by atoms with Crippen LogP contribution in [0.2, 0.25) is 0 Å². The number of amides is 1. The lowest BCUT2D eigenvalue weighted by Gasteiger charge is -2.23. The number of sulfonamides is 1. The van der Waals surface area contributed by atoms with Gasteiger partial charge in [-0.3, -0.25) is 9.10 Å². The number of rotatable bonds is 10. The maximum absolute atomic E-state index is 13.3. The van der Waals surface area contributed by atoms with Crippen LogP contribution in [-0.4, -0.2) is 48.4 Å². The molecule has 0 saturated carbocycles. The van der Waals surface area contributed by atoms with E-state index in [-0.39, 0.29) is 4.90 Å². The summed E-state index contributed by atoms with van der Waals surface area (Å²) in [7, 11) is 0.507. The molecule has 1 amide bonds. The molecule has 3 rings (SSSR count). The van der Waals surface area contributed by atoms with Crippen molar-refractivity contribution in [1.29, 1.82) is 0 Å². The van der Waals surface area contributed by atoms with E-state index >= 15 is 0 Å². The smallest absolute Gasteiger partial charge is 0.264 e. The van der Waals surface area contributed by atoms with Crippen LogP contribution in [0.15, 0.2) is 82.8 Å². The Bertz CT molecular complexity index is 1250. The second-order valence-electron chi connectivity index (χ2n) is 6.93. The summed E-state index contributed by atoms with van der Waals surface area (Å²) in [6.45, 7) is -0.471. The monoisotopic (exact) mass is 483 g/mol. The lowest BCUT2D eigenvalue weighted by atomic mass is 10.2. The normalized spacial score (nSPS) is 11.1. The van der Waals surface area contributed by atoms with E-state index in [4.69, 9.17) is 14.2 Å². The van der Waals surface area contributed by atoms with Gasteiger partial charge in [0.2, 0.25) is 0 Å². The summed E-state index contributed by atoms with van der Waals surface area (Å²) in [5.41, 5.74) is 3.37. The molecule has 0 aliphatic heterocycles. The average Bonchev–Trinajstić information content (AvgIpc) is 2.87. The molecule has 0 radical (unpaired) electrons. The zero-order chi connectivity index (χ0) is 24.6. The van der Waals surface area contributed by atoms with Gasteiger partial charge in [0, 0.05) is 0 Å². The van der Waals surface area contributed by atoms with E-state index in [1.165, 1.54) is 39.7 Å². The fourth-order valence-electron chi connectivity index (χ4n) is 3.06. The highest BCUT2D eigenvalue weighted by Gasteiger charge is 2.27. The van der Waals surface area contributed by atoms with Crippen LogP contribution >= 0.6 is 0 Å². The Morgan fingerprint density at radius 1 is 0.912 bits per heavy atom. The molecular formula is C24H25N3O6S. The van der Waals surface area contributed by atoms with Crippen LogP contribution in [-0.2, 0) is 14.8 Å². The molecule has 0 aliphatic rings. The Labute approximate surface area is 198 Å². The Morgan fingerprint density at radius 3 is 2.21 bits per heavy atom. The second-order valence-corrected chi connectivity index (χ2v) is 8.79. The molecule has 0 aliphatic carbocycles. The van der Waals surface area contributed by atoms with Crippen LogP contribution in [0.25, 0.3) is 0 Å². The van der Waals surface area contributed by atoms with Gasteiger partial charge in [-0.2, -0.15) is 5.10 Å². The van der Waals surface area contributed by atoms with E-state index in [9.17, 15) is 13.2 Å². The van der Waals surface area contributed by atoms with Crippen molar-refractivity contribution in [2.75, 3.05) is 32.2 Å². The quantitative estimate of drug-likeness (QED) is 0.351. The molecule has 0 aromatic heterocycles. The molecule has 178 valence electrons. The van der Waals surface area contributed by atoms with Crippen molar-refractivity contribution in [2.45, 2.75) is 4.90 Å². The summed E-state index contributed by atoms with van der Waals surface area (Å²) < 4.78 is 43.2. The molecule has 0 fully saturated rings. The number of carbonyl (C=O) groups is 1. The molecule has 34 heavy (non-hydrogen) atoms. The van der Waals surface area contributed by atoms with Gasteiger partial charge in [-0.05, 0) is 60.2 Å². The summed E-state index contributed by atoms with van der Waals surface area (Å²) in [5, 5.41) is 3.94. The number of anilines is 1. The van der Waals surface area contributed by atoms with Crippen molar-refractivity contribution >= 4 is 27.8 Å². The third kappa shape index (κ3) is 5.84. The van der Waals surface area contributed by atoms with Crippen molar-refractivity contribution in [3.8, 4) is 17.2 Å². The van der Waals surface area contributed by atoms with Crippen LogP contribution in [0.4, 0.5) is 5.69 Å². The second kappa shape index (κ2) is 11.2. The van der Waals surface area contributed by atoms with Crippen molar-refractivity contribution in [1.82, 2.24) is 5.43 Å². The Morgan fingerprint density at radius 2 is 1.59 bits per heavy atom. The number of hydrogen-bond donors (Lipinski definition) is 1. The van der Waals surface area contributed by atoms with Crippen molar-refractivity contribution in [2.24, 2.45) is 5.10 Å². The molecule has 0 unspecified atom stereocenters. The third-order valence-corrected chi connectivity index (χ3v) is 6.58. The Kier molecular flexibility index (Phi) is 8.10. The molecule has 3 aromatic carbocycles. The first-order chi connectivity index (χ1) is 16.4. The summed E-state index contributed by atoms with van der Waals surface area (Å²) >= 11 is 0. The number of carbonyl (C=O) groups excluding carboxylic acids is 1. The molecule has 9 nitrogen and oxygen atoms in total. The maximum Gasteiger partial charge on any atom is 0.264 e. The molecule has 3 aromatic rings. The predicted molar refractivity (Wildman–Crippen MR) is 129 cm³/mol. The summed E-state index contributed by atoms with van der Waals surface area (Å²) in [4.78, 5) is 12.6. The molecule has 1 N–H and O–H groups in total. The number of methoxy groups -OCH3 is 3. The minimum atomic E-state index is -4.03. The zero-order valence-corrected chi connectivity index (χ0v) is 19.8. The minimum absolute atomic E-state index is 0.0267. The lowest BCUT2D eigenvalue weighted by molar-refractivity contribution is -0.119. The maximum atomic E-state index is 13.3.